The van der Waals surface area contributed by atoms with E-state index in [1.165, 1.54) is 28.8 Å². The van der Waals surface area contributed by atoms with E-state index in [2.05, 4.69) is 16.5 Å². The van der Waals surface area contributed by atoms with E-state index in [4.69, 9.17) is 0 Å². The second-order valence-electron chi connectivity index (χ2n) is 12.4. The number of phenols is 1. The molecule has 3 heterocycles. The third-order valence-corrected chi connectivity index (χ3v) is 10.4. The first-order chi connectivity index (χ1) is 22.3. The van der Waals surface area contributed by atoms with Crippen LogP contribution in [0, 0.1) is 11.6 Å². The molecule has 10 nitrogen and oxygen atoms in total. The first kappa shape index (κ1) is 32.3. The largest absolute Gasteiger partial charge is 0.507 e. The Kier molecular flexibility index (Phi) is 8.37. The number of hydrogen-bond donors (Lipinski definition) is 1. The summed E-state index contributed by atoms with van der Waals surface area (Å²) in [5.41, 5.74) is -0.624. The number of rotatable bonds is 7. The topological polar surface area (TPSA) is 126 Å². The van der Waals surface area contributed by atoms with Gasteiger partial charge in [0, 0.05) is 31.4 Å². The van der Waals surface area contributed by atoms with Crippen LogP contribution < -0.4 is 10.6 Å². The van der Waals surface area contributed by atoms with E-state index in [0.29, 0.717) is 5.56 Å². The number of carbonyl (C=O) groups is 1. The summed E-state index contributed by atoms with van der Waals surface area (Å²) in [6.45, 7) is 7.55. The van der Waals surface area contributed by atoms with Crippen molar-refractivity contribution in [2.75, 3.05) is 24.2 Å². The van der Waals surface area contributed by atoms with E-state index >= 15 is 8.78 Å². The number of anilines is 1. The lowest BCUT2D eigenvalue weighted by Crippen LogP contribution is -2.58. The van der Waals surface area contributed by atoms with Crippen molar-refractivity contribution in [2.24, 2.45) is 0 Å². The molecule has 2 aromatic carbocycles. The minimum absolute atomic E-state index is 0.0607. The number of hydrogen-bond acceptors (Lipinski definition) is 8. The maximum absolute atomic E-state index is 16.0. The Labute approximate surface area is 270 Å². The maximum Gasteiger partial charge on any atom is 0.351 e. The number of sulfone groups is 1. The molecule has 47 heavy (non-hydrogen) atoms. The van der Waals surface area contributed by atoms with Gasteiger partial charge in [0.1, 0.15) is 28.7 Å². The number of nitrogens with zero attached hydrogens (tertiary/aromatic N) is 5. The average molecular weight is 664 g/mol. The predicted molar refractivity (Wildman–Crippen MR) is 174 cm³/mol. The van der Waals surface area contributed by atoms with E-state index < -0.39 is 44.2 Å². The summed E-state index contributed by atoms with van der Waals surface area (Å²) in [6, 6.07) is 9.01. The summed E-state index contributed by atoms with van der Waals surface area (Å²) >= 11 is 0. The van der Waals surface area contributed by atoms with Gasteiger partial charge >= 0.3 is 5.69 Å². The van der Waals surface area contributed by atoms with Crippen molar-refractivity contribution in [2.45, 2.75) is 62.6 Å². The zero-order valence-electron chi connectivity index (χ0n) is 26.3. The van der Waals surface area contributed by atoms with Crippen LogP contribution in [-0.2, 0) is 21.2 Å². The molecule has 1 aliphatic heterocycles. The standard InChI is InChI=1S/C34H35F2N5O5S/c1-5-29(43)39-16-20(3)40(17-19(39)2)33-23-15-26(36)31(30-25(35)12-8-13-27(30)42)37-32(23)41(34(44)38-33)18-24-22(21-9-6-10-21)11-7-14-28(24)47(4,45)46/h5,7-8,11-15,19-21,42H,1,6,9-10,16-18H2,2-4H3/t19-,20+/m1/s1. The van der Waals surface area contributed by atoms with E-state index in [1.54, 1.807) is 15.9 Å². The van der Waals surface area contributed by atoms with E-state index in [9.17, 15) is 23.1 Å². The van der Waals surface area contributed by atoms with Gasteiger partial charge in [-0.2, -0.15) is 4.98 Å². The second-order valence-corrected chi connectivity index (χ2v) is 14.4. The van der Waals surface area contributed by atoms with Crippen LogP contribution in [0.2, 0.25) is 0 Å². The Hall–Kier alpha value is -4.65. The fourth-order valence-electron chi connectivity index (χ4n) is 6.64. The number of halogens is 2. The van der Waals surface area contributed by atoms with E-state index in [-0.39, 0.29) is 65.3 Å². The summed E-state index contributed by atoms with van der Waals surface area (Å²) in [4.78, 5) is 38.9. The highest BCUT2D eigenvalue weighted by atomic mass is 32.2. The molecular formula is C34H35F2N5O5S. The number of pyridine rings is 1. The highest BCUT2D eigenvalue weighted by molar-refractivity contribution is 7.90. The van der Waals surface area contributed by atoms with Gasteiger partial charge in [-0.25, -0.2) is 27.0 Å². The molecule has 1 amide bonds. The predicted octanol–water partition coefficient (Wildman–Crippen LogP) is 4.77. The molecule has 2 fully saturated rings. The number of aromatic nitrogens is 3. The van der Waals surface area contributed by atoms with Gasteiger partial charge in [0.25, 0.3) is 0 Å². The Bertz CT molecular complexity index is 2080. The molecular weight excluding hydrogens is 628 g/mol. The summed E-state index contributed by atoms with van der Waals surface area (Å²) in [6.07, 6.45) is 5.06. The minimum atomic E-state index is -3.73. The number of aromatic hydroxyl groups is 1. The molecule has 2 atom stereocenters. The molecule has 1 aliphatic carbocycles. The summed E-state index contributed by atoms with van der Waals surface area (Å²) < 4.78 is 58.2. The van der Waals surface area contributed by atoms with Crippen molar-refractivity contribution in [1.82, 2.24) is 19.4 Å². The quantitative estimate of drug-likeness (QED) is 0.281. The lowest BCUT2D eigenvalue weighted by molar-refractivity contribution is -0.128. The highest BCUT2D eigenvalue weighted by Crippen LogP contribution is 2.41. The van der Waals surface area contributed by atoms with Crippen LogP contribution in [0.25, 0.3) is 22.3 Å². The van der Waals surface area contributed by atoms with Crippen molar-refractivity contribution < 1.29 is 27.1 Å². The number of carbonyl (C=O) groups excluding carboxylic acids is 1. The SMILES string of the molecule is C=CC(=O)N1C[C@H](C)N(c2nc(=O)n(Cc3c(C4CCC4)cccc3S(C)(=O)=O)c3nc(-c4c(O)cccc4F)c(F)cc23)C[C@H]1C. The molecule has 0 bridgehead atoms. The van der Waals surface area contributed by atoms with Gasteiger partial charge in [-0.3, -0.25) is 9.36 Å². The van der Waals surface area contributed by atoms with Crippen LogP contribution in [0.3, 0.4) is 0 Å². The van der Waals surface area contributed by atoms with Crippen LogP contribution >= 0.6 is 0 Å². The Balaban J connectivity index is 1.61. The normalized spacial score (nSPS) is 18.7. The lowest BCUT2D eigenvalue weighted by atomic mass is 9.78. The molecule has 2 aromatic heterocycles. The average Bonchev–Trinajstić information content (AvgIpc) is 2.98. The molecule has 0 unspecified atom stereocenters. The van der Waals surface area contributed by atoms with Crippen LogP contribution in [0.1, 0.15) is 50.2 Å². The number of fused-ring (bicyclic) bond motifs is 1. The zero-order valence-corrected chi connectivity index (χ0v) is 27.1. The van der Waals surface area contributed by atoms with Gasteiger partial charge in [0.05, 0.1) is 22.4 Å². The number of benzene rings is 2. The van der Waals surface area contributed by atoms with Gasteiger partial charge < -0.3 is 14.9 Å². The van der Waals surface area contributed by atoms with Gasteiger partial charge in [-0.15, -0.1) is 0 Å². The van der Waals surface area contributed by atoms with Gasteiger partial charge in [0.2, 0.25) is 5.91 Å². The van der Waals surface area contributed by atoms with Crippen molar-refractivity contribution in [1.29, 1.82) is 0 Å². The molecule has 2 aliphatic rings. The fraction of sp³-hybridized carbons (Fsp3) is 0.353. The second kappa shape index (κ2) is 12.2. The maximum atomic E-state index is 16.0. The first-order valence-electron chi connectivity index (χ1n) is 15.4. The number of amides is 1. The van der Waals surface area contributed by atoms with Crippen molar-refractivity contribution >= 4 is 32.6 Å². The monoisotopic (exact) mass is 663 g/mol. The Morgan fingerprint density at radius 3 is 2.43 bits per heavy atom. The molecule has 0 spiro atoms. The van der Waals surface area contributed by atoms with Gasteiger partial charge in [-0.1, -0.05) is 31.2 Å². The summed E-state index contributed by atoms with van der Waals surface area (Å²) in [5.74, 6) is -2.44. The first-order valence-corrected chi connectivity index (χ1v) is 17.3. The molecule has 246 valence electrons. The van der Waals surface area contributed by atoms with Crippen LogP contribution in [0.15, 0.2) is 64.8 Å². The number of piperazine rings is 1. The third-order valence-electron chi connectivity index (χ3n) is 9.26. The smallest absolute Gasteiger partial charge is 0.351 e. The fourth-order valence-corrected chi connectivity index (χ4v) is 7.60. The zero-order chi connectivity index (χ0) is 33.8. The van der Waals surface area contributed by atoms with Gasteiger partial charge in [-0.05, 0) is 74.1 Å². The molecule has 13 heteroatoms. The van der Waals surface area contributed by atoms with Gasteiger partial charge in [0.15, 0.2) is 15.7 Å². The van der Waals surface area contributed by atoms with Crippen LogP contribution in [0.4, 0.5) is 14.6 Å². The van der Waals surface area contributed by atoms with Crippen molar-refractivity contribution in [3.05, 3.63) is 88.4 Å². The number of phenolic OH excluding ortho intramolecular Hbond substituents is 1. The van der Waals surface area contributed by atoms with Crippen molar-refractivity contribution in [3.63, 3.8) is 0 Å². The Morgan fingerprint density at radius 2 is 1.79 bits per heavy atom. The lowest BCUT2D eigenvalue weighted by Gasteiger charge is -2.44. The minimum Gasteiger partial charge on any atom is -0.507 e. The molecule has 1 saturated carbocycles. The molecule has 1 N–H and O–H groups in total. The molecule has 6 rings (SSSR count). The Morgan fingerprint density at radius 1 is 1.06 bits per heavy atom. The summed E-state index contributed by atoms with van der Waals surface area (Å²) in [5, 5.41) is 10.7. The van der Waals surface area contributed by atoms with E-state index in [1.807, 2.05) is 19.9 Å². The van der Waals surface area contributed by atoms with Crippen LogP contribution in [0.5, 0.6) is 5.75 Å². The third kappa shape index (κ3) is 5.77. The highest BCUT2D eigenvalue weighted by Gasteiger charge is 2.34. The molecule has 4 aromatic rings. The molecule has 1 saturated heterocycles. The van der Waals surface area contributed by atoms with Crippen molar-refractivity contribution in [3.8, 4) is 17.0 Å². The summed E-state index contributed by atoms with van der Waals surface area (Å²) in [7, 11) is -3.73. The molecule has 0 radical (unpaired) electrons. The van der Waals surface area contributed by atoms with E-state index in [0.717, 1.165) is 43.2 Å². The van der Waals surface area contributed by atoms with Crippen LogP contribution in [-0.4, -0.2) is 70.3 Å².